The van der Waals surface area contributed by atoms with Gasteiger partial charge in [0.15, 0.2) is 0 Å². The highest BCUT2D eigenvalue weighted by molar-refractivity contribution is 4.89. The highest BCUT2D eigenvalue weighted by atomic mass is 16.5. The van der Waals surface area contributed by atoms with Crippen LogP contribution in [0.4, 0.5) is 0 Å². The van der Waals surface area contributed by atoms with Gasteiger partial charge in [0, 0.05) is 25.1 Å². The van der Waals surface area contributed by atoms with E-state index in [9.17, 15) is 0 Å². The maximum Gasteiger partial charge on any atom is 0.0724 e. The average Bonchev–Trinajstić information content (AvgIpc) is 2.58. The lowest BCUT2D eigenvalue weighted by Crippen LogP contribution is -2.51. The van der Waals surface area contributed by atoms with Crippen LogP contribution in [0.1, 0.15) is 26.2 Å². The van der Waals surface area contributed by atoms with Gasteiger partial charge in [0.2, 0.25) is 0 Å². The number of rotatable bonds is 4. The minimum Gasteiger partial charge on any atom is -0.380 e. The summed E-state index contributed by atoms with van der Waals surface area (Å²) >= 11 is 0. The van der Waals surface area contributed by atoms with Crippen LogP contribution in [0.2, 0.25) is 0 Å². The van der Waals surface area contributed by atoms with Crippen molar-refractivity contribution in [3.8, 4) is 0 Å². The van der Waals surface area contributed by atoms with Crippen LogP contribution in [0.5, 0.6) is 0 Å². The van der Waals surface area contributed by atoms with Gasteiger partial charge in [0.1, 0.15) is 0 Å². The normalized spacial score (nSPS) is 35.6. The van der Waals surface area contributed by atoms with Gasteiger partial charge in [-0.25, -0.2) is 0 Å². The van der Waals surface area contributed by atoms with Crippen molar-refractivity contribution in [2.24, 2.45) is 5.41 Å². The second-order valence-electron chi connectivity index (χ2n) is 5.00. The van der Waals surface area contributed by atoms with Gasteiger partial charge in [-0.2, -0.15) is 0 Å². The molecule has 0 amide bonds. The fourth-order valence-electron chi connectivity index (χ4n) is 2.37. The monoisotopic (exact) mass is 199 g/mol. The molecular formula is C11H21NO2. The minimum absolute atomic E-state index is 0.376. The Hall–Kier alpha value is -0.120. The van der Waals surface area contributed by atoms with Crippen molar-refractivity contribution < 1.29 is 9.47 Å². The summed E-state index contributed by atoms with van der Waals surface area (Å²) in [4.78, 5) is 0. The lowest BCUT2D eigenvalue weighted by Gasteiger charge is -2.39. The average molecular weight is 199 g/mol. The molecule has 0 bridgehead atoms. The highest BCUT2D eigenvalue weighted by Gasteiger charge is 2.35. The predicted molar refractivity (Wildman–Crippen MR) is 55.4 cm³/mol. The third-order valence-electron chi connectivity index (χ3n) is 3.45. The van der Waals surface area contributed by atoms with E-state index in [4.69, 9.17) is 9.47 Å². The zero-order valence-electron chi connectivity index (χ0n) is 9.21. The molecule has 3 nitrogen and oxygen atoms in total. The topological polar surface area (TPSA) is 30.5 Å². The van der Waals surface area contributed by atoms with Crippen molar-refractivity contribution in [2.75, 3.05) is 26.9 Å². The summed E-state index contributed by atoms with van der Waals surface area (Å²) in [5, 5.41) is 3.62. The van der Waals surface area contributed by atoms with Gasteiger partial charge in [-0.05, 0) is 19.3 Å². The van der Waals surface area contributed by atoms with Crippen molar-refractivity contribution in [3.63, 3.8) is 0 Å². The van der Waals surface area contributed by atoms with E-state index >= 15 is 0 Å². The molecule has 1 saturated heterocycles. The molecule has 1 aliphatic carbocycles. The van der Waals surface area contributed by atoms with Gasteiger partial charge >= 0.3 is 0 Å². The van der Waals surface area contributed by atoms with Gasteiger partial charge in [-0.15, -0.1) is 0 Å². The molecule has 0 aromatic rings. The first kappa shape index (κ1) is 10.4. The Morgan fingerprint density at radius 2 is 2.21 bits per heavy atom. The maximum atomic E-state index is 5.45. The molecule has 82 valence electrons. The molecule has 1 N–H and O–H groups in total. The second-order valence-corrected chi connectivity index (χ2v) is 5.00. The molecule has 2 aliphatic rings. The number of ether oxygens (including phenoxy) is 2. The van der Waals surface area contributed by atoms with Gasteiger partial charge < -0.3 is 14.8 Å². The molecule has 14 heavy (non-hydrogen) atoms. The van der Waals surface area contributed by atoms with E-state index in [2.05, 4.69) is 12.2 Å². The Bertz CT molecular complexity index is 192. The van der Waals surface area contributed by atoms with Crippen LogP contribution in [-0.4, -0.2) is 39.0 Å². The van der Waals surface area contributed by atoms with Crippen LogP contribution in [0.3, 0.4) is 0 Å². The van der Waals surface area contributed by atoms with Gasteiger partial charge in [0.25, 0.3) is 0 Å². The van der Waals surface area contributed by atoms with E-state index < -0.39 is 0 Å². The Balaban J connectivity index is 1.74. The Labute approximate surface area is 86.2 Å². The van der Waals surface area contributed by atoms with Crippen LogP contribution in [0, 0.1) is 5.41 Å². The minimum atomic E-state index is 0.376. The fourth-order valence-corrected chi connectivity index (χ4v) is 2.37. The number of hydrogen-bond acceptors (Lipinski definition) is 3. The lowest BCUT2D eigenvalue weighted by molar-refractivity contribution is -0.101. The first-order valence-corrected chi connectivity index (χ1v) is 5.57. The summed E-state index contributed by atoms with van der Waals surface area (Å²) in [7, 11) is 1.82. The summed E-state index contributed by atoms with van der Waals surface area (Å²) in [6.45, 7) is 5.16. The van der Waals surface area contributed by atoms with E-state index in [1.165, 1.54) is 19.3 Å². The SMILES string of the molecule is COC1CCCC1NCC1(C)COC1. The molecule has 2 rings (SSSR count). The van der Waals surface area contributed by atoms with Crippen LogP contribution in [0.25, 0.3) is 0 Å². The van der Waals surface area contributed by atoms with Crippen molar-refractivity contribution in [2.45, 2.75) is 38.3 Å². The summed E-state index contributed by atoms with van der Waals surface area (Å²) in [5.74, 6) is 0. The predicted octanol–water partition coefficient (Wildman–Crippen LogP) is 1.18. The van der Waals surface area contributed by atoms with Crippen LogP contribution < -0.4 is 5.32 Å². The Kier molecular flexibility index (Phi) is 3.10. The molecule has 0 aromatic heterocycles. The Morgan fingerprint density at radius 1 is 1.43 bits per heavy atom. The van der Waals surface area contributed by atoms with E-state index in [1.54, 1.807) is 0 Å². The zero-order valence-corrected chi connectivity index (χ0v) is 9.21. The second kappa shape index (κ2) is 4.17. The standard InChI is InChI=1S/C11H21NO2/c1-11(7-14-8-11)6-12-9-4-3-5-10(9)13-2/h9-10,12H,3-8H2,1-2H3. The van der Waals surface area contributed by atoms with Crippen molar-refractivity contribution in [3.05, 3.63) is 0 Å². The zero-order chi connectivity index (χ0) is 10.0. The molecule has 2 fully saturated rings. The molecule has 3 heteroatoms. The van der Waals surface area contributed by atoms with Gasteiger partial charge in [-0.3, -0.25) is 0 Å². The van der Waals surface area contributed by atoms with Crippen LogP contribution in [-0.2, 0) is 9.47 Å². The molecule has 0 aromatic carbocycles. The smallest absolute Gasteiger partial charge is 0.0724 e. The number of nitrogens with one attached hydrogen (secondary N) is 1. The first-order chi connectivity index (χ1) is 6.73. The van der Waals surface area contributed by atoms with E-state index in [0.29, 0.717) is 17.6 Å². The van der Waals surface area contributed by atoms with Crippen molar-refractivity contribution in [1.29, 1.82) is 0 Å². The van der Waals surface area contributed by atoms with Gasteiger partial charge in [0.05, 0.1) is 19.3 Å². The van der Waals surface area contributed by atoms with E-state index in [-0.39, 0.29) is 0 Å². The number of hydrogen-bond donors (Lipinski definition) is 1. The largest absolute Gasteiger partial charge is 0.380 e. The molecular weight excluding hydrogens is 178 g/mol. The lowest BCUT2D eigenvalue weighted by atomic mass is 9.88. The Morgan fingerprint density at radius 3 is 2.79 bits per heavy atom. The molecule has 2 unspecified atom stereocenters. The summed E-state index contributed by atoms with van der Waals surface area (Å²) in [6.07, 6.45) is 4.19. The molecule has 0 spiro atoms. The van der Waals surface area contributed by atoms with Crippen LogP contribution >= 0.6 is 0 Å². The molecule has 2 atom stereocenters. The summed E-state index contributed by atoms with van der Waals surface area (Å²) < 4.78 is 10.7. The van der Waals surface area contributed by atoms with Gasteiger partial charge in [-0.1, -0.05) is 6.92 Å². The van der Waals surface area contributed by atoms with Crippen molar-refractivity contribution in [1.82, 2.24) is 5.32 Å². The maximum absolute atomic E-state index is 5.45. The van der Waals surface area contributed by atoms with E-state index in [0.717, 1.165) is 19.8 Å². The summed E-state index contributed by atoms with van der Waals surface area (Å²) in [5.41, 5.74) is 0.376. The number of methoxy groups -OCH3 is 1. The van der Waals surface area contributed by atoms with Crippen molar-refractivity contribution >= 4 is 0 Å². The summed E-state index contributed by atoms with van der Waals surface area (Å²) in [6, 6.07) is 0.567. The molecule has 1 heterocycles. The van der Waals surface area contributed by atoms with Crippen LogP contribution in [0.15, 0.2) is 0 Å². The first-order valence-electron chi connectivity index (χ1n) is 5.57. The fraction of sp³-hybridized carbons (Fsp3) is 1.00. The third-order valence-corrected chi connectivity index (χ3v) is 3.45. The molecule has 1 aliphatic heterocycles. The third kappa shape index (κ3) is 2.10. The molecule has 0 radical (unpaired) electrons. The quantitative estimate of drug-likeness (QED) is 0.737. The van der Waals surface area contributed by atoms with E-state index in [1.807, 2.05) is 7.11 Å². The molecule has 1 saturated carbocycles. The highest BCUT2D eigenvalue weighted by Crippen LogP contribution is 2.27.